The Morgan fingerprint density at radius 2 is 2.04 bits per heavy atom. The standard InChI is InChI=1S/C21H33ClN4O2/c1-2-23-21(24-13-20(27)17-3-5-18(22)6-4-17)25-19-7-10-26(11-8-19)14-16-9-12-28-15-16/h3-6,16,19-20,27H,2,7-15H2,1H3,(H2,23,24,25). The Morgan fingerprint density at radius 1 is 1.29 bits per heavy atom. The van der Waals surface area contributed by atoms with Gasteiger partial charge in [0.25, 0.3) is 0 Å². The van der Waals surface area contributed by atoms with E-state index < -0.39 is 6.10 Å². The molecule has 1 aromatic carbocycles. The minimum absolute atomic E-state index is 0.317. The van der Waals surface area contributed by atoms with Gasteiger partial charge in [-0.2, -0.15) is 0 Å². The van der Waals surface area contributed by atoms with Gasteiger partial charge in [0.1, 0.15) is 0 Å². The first-order valence-corrected chi connectivity index (χ1v) is 10.8. The molecule has 0 saturated carbocycles. The highest BCUT2D eigenvalue weighted by atomic mass is 35.5. The van der Waals surface area contributed by atoms with Gasteiger partial charge in [0, 0.05) is 43.9 Å². The average Bonchev–Trinajstić information content (AvgIpc) is 3.21. The average molecular weight is 409 g/mol. The molecule has 0 radical (unpaired) electrons. The van der Waals surface area contributed by atoms with E-state index in [2.05, 4.69) is 27.4 Å². The summed E-state index contributed by atoms with van der Waals surface area (Å²) in [4.78, 5) is 7.15. The molecule has 28 heavy (non-hydrogen) atoms. The van der Waals surface area contributed by atoms with Gasteiger partial charge in [-0.1, -0.05) is 23.7 Å². The first-order valence-electron chi connectivity index (χ1n) is 10.4. The molecule has 2 aliphatic rings. The second kappa shape index (κ2) is 11.0. The van der Waals surface area contributed by atoms with Crippen molar-refractivity contribution in [3.05, 3.63) is 34.9 Å². The van der Waals surface area contributed by atoms with Crippen molar-refractivity contribution in [2.45, 2.75) is 38.3 Å². The molecule has 2 atom stereocenters. The molecule has 156 valence electrons. The zero-order valence-corrected chi connectivity index (χ0v) is 17.5. The van der Waals surface area contributed by atoms with Crippen molar-refractivity contribution >= 4 is 17.6 Å². The first kappa shape index (κ1) is 21.4. The van der Waals surface area contributed by atoms with Crippen molar-refractivity contribution in [2.75, 3.05) is 45.9 Å². The van der Waals surface area contributed by atoms with Crippen LogP contribution in [0.2, 0.25) is 5.02 Å². The number of guanidine groups is 1. The summed E-state index contributed by atoms with van der Waals surface area (Å²) in [5.74, 6) is 1.48. The number of nitrogens with one attached hydrogen (secondary N) is 2. The Bertz CT molecular complexity index is 611. The van der Waals surface area contributed by atoms with Crippen molar-refractivity contribution in [1.29, 1.82) is 0 Å². The maximum Gasteiger partial charge on any atom is 0.191 e. The monoisotopic (exact) mass is 408 g/mol. The second-order valence-electron chi connectivity index (χ2n) is 7.74. The predicted octanol–water partition coefficient (Wildman–Crippen LogP) is 2.43. The third kappa shape index (κ3) is 6.62. The summed E-state index contributed by atoms with van der Waals surface area (Å²) in [6.45, 7) is 8.40. The van der Waals surface area contributed by atoms with E-state index >= 15 is 0 Å². The van der Waals surface area contributed by atoms with Gasteiger partial charge in [0.15, 0.2) is 5.96 Å². The zero-order valence-electron chi connectivity index (χ0n) is 16.7. The molecule has 0 aliphatic carbocycles. The van der Waals surface area contributed by atoms with Crippen molar-refractivity contribution in [3.8, 4) is 0 Å². The Balaban J connectivity index is 1.46. The smallest absolute Gasteiger partial charge is 0.191 e. The molecule has 3 rings (SSSR count). The van der Waals surface area contributed by atoms with Gasteiger partial charge in [-0.05, 0) is 49.8 Å². The van der Waals surface area contributed by atoms with Gasteiger partial charge in [-0.25, -0.2) is 0 Å². The fourth-order valence-electron chi connectivity index (χ4n) is 3.83. The number of halogens is 1. The van der Waals surface area contributed by atoms with Gasteiger partial charge >= 0.3 is 0 Å². The number of piperidine rings is 1. The molecule has 0 spiro atoms. The fraction of sp³-hybridized carbons (Fsp3) is 0.667. The number of likely N-dealkylation sites (tertiary alicyclic amines) is 1. The van der Waals surface area contributed by atoms with E-state index in [-0.39, 0.29) is 0 Å². The zero-order chi connectivity index (χ0) is 19.8. The maximum atomic E-state index is 10.4. The van der Waals surface area contributed by atoms with E-state index in [1.54, 1.807) is 12.1 Å². The molecule has 2 unspecified atom stereocenters. The second-order valence-corrected chi connectivity index (χ2v) is 8.17. The number of hydrogen-bond acceptors (Lipinski definition) is 4. The van der Waals surface area contributed by atoms with Crippen LogP contribution in [0.3, 0.4) is 0 Å². The molecule has 0 amide bonds. The number of aliphatic hydroxyl groups is 1. The van der Waals surface area contributed by atoms with E-state index in [9.17, 15) is 5.11 Å². The topological polar surface area (TPSA) is 69.1 Å². The summed E-state index contributed by atoms with van der Waals surface area (Å²) in [6.07, 6.45) is 2.78. The number of ether oxygens (including phenoxy) is 1. The minimum atomic E-state index is -0.636. The molecule has 3 N–H and O–H groups in total. The Hall–Kier alpha value is -1.34. The summed E-state index contributed by atoms with van der Waals surface area (Å²) in [5.41, 5.74) is 0.827. The minimum Gasteiger partial charge on any atom is -0.386 e. The van der Waals surface area contributed by atoms with Gasteiger partial charge in [-0.3, -0.25) is 4.99 Å². The van der Waals surface area contributed by atoms with Crippen LogP contribution in [-0.4, -0.2) is 67.9 Å². The molecule has 1 aromatic rings. The van der Waals surface area contributed by atoms with Crippen LogP contribution in [-0.2, 0) is 4.74 Å². The lowest BCUT2D eigenvalue weighted by Gasteiger charge is -2.34. The van der Waals surface area contributed by atoms with E-state index in [1.165, 1.54) is 6.42 Å². The van der Waals surface area contributed by atoms with Crippen LogP contribution >= 0.6 is 11.6 Å². The van der Waals surface area contributed by atoms with Gasteiger partial charge in [-0.15, -0.1) is 0 Å². The normalized spacial score (nSPS) is 23.0. The van der Waals surface area contributed by atoms with Crippen molar-refractivity contribution in [1.82, 2.24) is 15.5 Å². The van der Waals surface area contributed by atoms with Crippen LogP contribution in [0.15, 0.2) is 29.3 Å². The SMILES string of the molecule is CCNC(=NCC(O)c1ccc(Cl)cc1)NC1CCN(CC2CCOC2)CC1. The molecule has 2 heterocycles. The number of nitrogens with zero attached hydrogens (tertiary/aromatic N) is 2. The van der Waals surface area contributed by atoms with Crippen LogP contribution < -0.4 is 10.6 Å². The number of hydrogen-bond donors (Lipinski definition) is 3. The summed E-state index contributed by atoms with van der Waals surface area (Å²) < 4.78 is 5.49. The van der Waals surface area contributed by atoms with Crippen molar-refractivity contribution in [2.24, 2.45) is 10.9 Å². The van der Waals surface area contributed by atoms with E-state index in [1.807, 2.05) is 12.1 Å². The Labute approximate surface area is 173 Å². The van der Waals surface area contributed by atoms with Gasteiger partial charge < -0.3 is 25.4 Å². The molecule has 2 aliphatic heterocycles. The van der Waals surface area contributed by atoms with Crippen LogP contribution in [0.4, 0.5) is 0 Å². The van der Waals surface area contributed by atoms with Crippen molar-refractivity contribution in [3.63, 3.8) is 0 Å². The molecule has 0 bridgehead atoms. The van der Waals surface area contributed by atoms with Gasteiger partial charge in [0.2, 0.25) is 0 Å². The van der Waals surface area contributed by atoms with Crippen molar-refractivity contribution < 1.29 is 9.84 Å². The van der Waals surface area contributed by atoms with Crippen LogP contribution in [0.1, 0.15) is 37.9 Å². The molecular weight excluding hydrogens is 376 g/mol. The highest BCUT2D eigenvalue weighted by Crippen LogP contribution is 2.18. The summed E-state index contributed by atoms with van der Waals surface area (Å²) in [6, 6.07) is 7.68. The lowest BCUT2D eigenvalue weighted by Crippen LogP contribution is -2.49. The van der Waals surface area contributed by atoms with E-state index in [0.29, 0.717) is 23.5 Å². The third-order valence-corrected chi connectivity index (χ3v) is 5.74. The lowest BCUT2D eigenvalue weighted by atomic mass is 10.0. The fourth-order valence-corrected chi connectivity index (χ4v) is 3.96. The highest BCUT2D eigenvalue weighted by molar-refractivity contribution is 6.30. The Kier molecular flexibility index (Phi) is 8.40. The van der Waals surface area contributed by atoms with Crippen LogP contribution in [0.5, 0.6) is 0 Å². The van der Waals surface area contributed by atoms with E-state index in [4.69, 9.17) is 16.3 Å². The first-order chi connectivity index (χ1) is 13.6. The molecular formula is C21H33ClN4O2. The molecule has 2 saturated heterocycles. The summed E-state index contributed by atoms with van der Waals surface area (Å²) in [7, 11) is 0. The molecule has 0 aromatic heterocycles. The molecule has 6 nitrogen and oxygen atoms in total. The maximum absolute atomic E-state index is 10.4. The van der Waals surface area contributed by atoms with Crippen LogP contribution in [0, 0.1) is 5.92 Å². The van der Waals surface area contributed by atoms with E-state index in [0.717, 1.165) is 63.8 Å². The number of aliphatic hydroxyl groups excluding tert-OH is 1. The van der Waals surface area contributed by atoms with Gasteiger partial charge in [0.05, 0.1) is 19.3 Å². The lowest BCUT2D eigenvalue weighted by molar-refractivity contribution is 0.150. The predicted molar refractivity (Wildman–Crippen MR) is 114 cm³/mol. The number of benzene rings is 1. The quantitative estimate of drug-likeness (QED) is 0.477. The largest absolute Gasteiger partial charge is 0.386 e. The highest BCUT2D eigenvalue weighted by Gasteiger charge is 2.24. The number of rotatable bonds is 7. The Morgan fingerprint density at radius 3 is 2.68 bits per heavy atom. The van der Waals surface area contributed by atoms with Crippen LogP contribution in [0.25, 0.3) is 0 Å². The number of aliphatic imine (C=N–C) groups is 1. The third-order valence-electron chi connectivity index (χ3n) is 5.49. The summed E-state index contributed by atoms with van der Waals surface area (Å²) >= 11 is 5.91. The molecule has 7 heteroatoms. The summed E-state index contributed by atoms with van der Waals surface area (Å²) in [5, 5.41) is 17.9. The molecule has 2 fully saturated rings.